The van der Waals surface area contributed by atoms with Crippen LogP contribution in [0.1, 0.15) is 28.4 Å². The van der Waals surface area contributed by atoms with Crippen LogP contribution in [0.25, 0.3) is 0 Å². The zero-order chi connectivity index (χ0) is 13.9. The number of benzene rings is 2. The highest BCUT2D eigenvalue weighted by Crippen LogP contribution is 2.29. The van der Waals surface area contributed by atoms with Gasteiger partial charge in [-0.2, -0.15) is 0 Å². The SMILES string of the molecule is Cc1cccc(C)c1OCC1OCCc2ccccc21. The minimum absolute atomic E-state index is 0.0407. The molecule has 3 rings (SSSR count). The first kappa shape index (κ1) is 13.2. The van der Waals surface area contributed by atoms with Crippen LogP contribution < -0.4 is 4.74 Å². The fourth-order valence-electron chi connectivity index (χ4n) is 2.80. The van der Waals surface area contributed by atoms with E-state index >= 15 is 0 Å². The molecule has 0 bridgehead atoms. The Kier molecular flexibility index (Phi) is 3.75. The summed E-state index contributed by atoms with van der Waals surface area (Å²) in [5, 5.41) is 0. The summed E-state index contributed by atoms with van der Waals surface area (Å²) >= 11 is 0. The number of aryl methyl sites for hydroxylation is 2. The monoisotopic (exact) mass is 268 g/mol. The number of para-hydroxylation sites is 1. The number of rotatable bonds is 3. The molecule has 1 aliphatic heterocycles. The Morgan fingerprint density at radius 3 is 2.60 bits per heavy atom. The quantitative estimate of drug-likeness (QED) is 0.837. The summed E-state index contributed by atoms with van der Waals surface area (Å²) in [4.78, 5) is 0. The highest BCUT2D eigenvalue weighted by Gasteiger charge is 2.21. The lowest BCUT2D eigenvalue weighted by Gasteiger charge is -2.26. The second-order valence-corrected chi connectivity index (χ2v) is 5.34. The summed E-state index contributed by atoms with van der Waals surface area (Å²) in [5.74, 6) is 0.985. The molecule has 0 radical (unpaired) electrons. The summed E-state index contributed by atoms with van der Waals surface area (Å²) in [7, 11) is 0. The molecule has 1 heterocycles. The van der Waals surface area contributed by atoms with Crippen LogP contribution >= 0.6 is 0 Å². The van der Waals surface area contributed by atoms with Crippen LogP contribution in [0.15, 0.2) is 42.5 Å². The first-order valence-electron chi connectivity index (χ1n) is 7.14. The van der Waals surface area contributed by atoms with Crippen LogP contribution in [0.2, 0.25) is 0 Å². The van der Waals surface area contributed by atoms with Gasteiger partial charge in [0, 0.05) is 0 Å². The van der Waals surface area contributed by atoms with Crippen molar-refractivity contribution in [1.29, 1.82) is 0 Å². The van der Waals surface area contributed by atoms with E-state index < -0.39 is 0 Å². The summed E-state index contributed by atoms with van der Waals surface area (Å²) in [6.45, 7) is 5.51. The smallest absolute Gasteiger partial charge is 0.125 e. The van der Waals surface area contributed by atoms with Crippen molar-refractivity contribution < 1.29 is 9.47 Å². The van der Waals surface area contributed by atoms with E-state index in [2.05, 4.69) is 56.3 Å². The average Bonchev–Trinajstić information content (AvgIpc) is 2.47. The lowest BCUT2D eigenvalue weighted by molar-refractivity contribution is 0.00990. The van der Waals surface area contributed by atoms with Crippen molar-refractivity contribution in [1.82, 2.24) is 0 Å². The Labute approximate surface area is 120 Å². The third-order valence-electron chi connectivity index (χ3n) is 3.88. The van der Waals surface area contributed by atoms with Crippen molar-refractivity contribution in [3.63, 3.8) is 0 Å². The topological polar surface area (TPSA) is 18.5 Å². The van der Waals surface area contributed by atoms with Gasteiger partial charge in [-0.25, -0.2) is 0 Å². The molecular formula is C18H20O2. The zero-order valence-corrected chi connectivity index (χ0v) is 12.1. The van der Waals surface area contributed by atoms with Crippen LogP contribution in [-0.4, -0.2) is 13.2 Å². The van der Waals surface area contributed by atoms with Gasteiger partial charge in [0.15, 0.2) is 0 Å². The second-order valence-electron chi connectivity index (χ2n) is 5.34. The first-order chi connectivity index (χ1) is 9.75. The molecular weight excluding hydrogens is 248 g/mol. The third kappa shape index (κ3) is 2.56. The molecule has 1 unspecified atom stereocenters. The van der Waals surface area contributed by atoms with Crippen molar-refractivity contribution in [2.75, 3.05) is 13.2 Å². The number of ether oxygens (including phenoxy) is 2. The van der Waals surface area contributed by atoms with Gasteiger partial charge in [0.25, 0.3) is 0 Å². The van der Waals surface area contributed by atoms with Crippen LogP contribution in [0.5, 0.6) is 5.75 Å². The van der Waals surface area contributed by atoms with E-state index in [0.717, 1.165) is 18.8 Å². The maximum Gasteiger partial charge on any atom is 0.125 e. The van der Waals surface area contributed by atoms with Crippen LogP contribution in [0.3, 0.4) is 0 Å². The van der Waals surface area contributed by atoms with Gasteiger partial charge >= 0.3 is 0 Å². The minimum atomic E-state index is 0.0407. The van der Waals surface area contributed by atoms with E-state index in [1.165, 1.54) is 22.3 Å². The maximum absolute atomic E-state index is 6.04. The van der Waals surface area contributed by atoms with Gasteiger partial charge in [-0.05, 0) is 42.5 Å². The highest BCUT2D eigenvalue weighted by molar-refractivity contribution is 5.40. The number of fused-ring (bicyclic) bond motifs is 1. The predicted octanol–water partition coefficient (Wildman–Crippen LogP) is 4.00. The zero-order valence-electron chi connectivity index (χ0n) is 12.1. The Hall–Kier alpha value is -1.80. The van der Waals surface area contributed by atoms with Crippen LogP contribution in [0, 0.1) is 13.8 Å². The fourth-order valence-corrected chi connectivity index (χ4v) is 2.80. The lowest BCUT2D eigenvalue weighted by atomic mass is 9.98. The lowest BCUT2D eigenvalue weighted by Crippen LogP contribution is -2.22. The molecule has 2 aromatic carbocycles. The van der Waals surface area contributed by atoms with Crippen molar-refractivity contribution >= 4 is 0 Å². The predicted molar refractivity (Wildman–Crippen MR) is 80.3 cm³/mol. The largest absolute Gasteiger partial charge is 0.490 e. The Morgan fingerprint density at radius 1 is 1.05 bits per heavy atom. The fraction of sp³-hybridized carbons (Fsp3) is 0.333. The average molecular weight is 268 g/mol. The molecule has 0 fully saturated rings. The second kappa shape index (κ2) is 5.68. The van der Waals surface area contributed by atoms with E-state index in [1.54, 1.807) is 0 Å². The van der Waals surface area contributed by atoms with Gasteiger partial charge in [0.1, 0.15) is 18.5 Å². The van der Waals surface area contributed by atoms with E-state index in [4.69, 9.17) is 9.47 Å². The molecule has 0 aliphatic carbocycles. The molecule has 20 heavy (non-hydrogen) atoms. The van der Waals surface area contributed by atoms with E-state index in [1.807, 2.05) is 0 Å². The molecule has 2 nitrogen and oxygen atoms in total. The Bertz CT molecular complexity index is 584. The molecule has 0 saturated heterocycles. The Balaban J connectivity index is 1.77. The number of hydrogen-bond acceptors (Lipinski definition) is 2. The van der Waals surface area contributed by atoms with Gasteiger partial charge in [0.05, 0.1) is 6.61 Å². The molecule has 1 aliphatic rings. The van der Waals surface area contributed by atoms with Gasteiger partial charge in [0.2, 0.25) is 0 Å². The normalized spacial score (nSPS) is 17.6. The molecule has 0 spiro atoms. The van der Waals surface area contributed by atoms with Gasteiger partial charge in [-0.1, -0.05) is 42.5 Å². The van der Waals surface area contributed by atoms with Gasteiger partial charge < -0.3 is 9.47 Å². The van der Waals surface area contributed by atoms with Crippen molar-refractivity contribution in [2.24, 2.45) is 0 Å². The molecule has 0 aromatic heterocycles. The first-order valence-corrected chi connectivity index (χ1v) is 7.14. The van der Waals surface area contributed by atoms with Gasteiger partial charge in [-0.3, -0.25) is 0 Å². The van der Waals surface area contributed by atoms with Crippen LogP contribution in [-0.2, 0) is 11.2 Å². The molecule has 0 saturated carbocycles. The molecule has 2 aromatic rings. The number of hydrogen-bond donors (Lipinski definition) is 0. The molecule has 2 heteroatoms. The molecule has 1 atom stereocenters. The summed E-state index contributed by atoms with van der Waals surface area (Å²) < 4.78 is 11.9. The maximum atomic E-state index is 6.04. The Morgan fingerprint density at radius 2 is 1.80 bits per heavy atom. The highest BCUT2D eigenvalue weighted by atomic mass is 16.5. The van der Waals surface area contributed by atoms with Crippen molar-refractivity contribution in [3.8, 4) is 5.75 Å². The minimum Gasteiger partial charge on any atom is -0.490 e. The van der Waals surface area contributed by atoms with E-state index in [0.29, 0.717) is 6.61 Å². The van der Waals surface area contributed by atoms with Gasteiger partial charge in [-0.15, -0.1) is 0 Å². The third-order valence-corrected chi connectivity index (χ3v) is 3.88. The standard InChI is InChI=1S/C18H20O2/c1-13-6-5-7-14(2)18(13)20-12-17-16-9-4-3-8-15(16)10-11-19-17/h3-9,17H,10-12H2,1-2H3. The van der Waals surface area contributed by atoms with Crippen LogP contribution in [0.4, 0.5) is 0 Å². The molecule has 0 N–H and O–H groups in total. The van der Waals surface area contributed by atoms with Crippen molar-refractivity contribution in [3.05, 3.63) is 64.7 Å². The summed E-state index contributed by atoms with van der Waals surface area (Å²) in [6, 6.07) is 14.7. The molecule has 0 amide bonds. The van der Waals surface area contributed by atoms with E-state index in [9.17, 15) is 0 Å². The van der Waals surface area contributed by atoms with Crippen molar-refractivity contribution in [2.45, 2.75) is 26.4 Å². The summed E-state index contributed by atoms with van der Waals surface area (Å²) in [6.07, 6.45) is 1.04. The summed E-state index contributed by atoms with van der Waals surface area (Å²) in [5.41, 5.74) is 5.00. The van der Waals surface area contributed by atoms with E-state index in [-0.39, 0.29) is 6.10 Å². The molecule has 104 valence electrons.